The average Bonchev–Trinajstić information content (AvgIpc) is 2.56. The predicted octanol–water partition coefficient (Wildman–Crippen LogP) is 6.54. The molecule has 6 nitrogen and oxygen atoms in total. The lowest BCUT2D eigenvalue weighted by Crippen LogP contribution is -2.67. The van der Waals surface area contributed by atoms with Crippen molar-refractivity contribution in [2.24, 2.45) is 0 Å². The van der Waals surface area contributed by atoms with E-state index in [0.29, 0.717) is 18.6 Å². The molecule has 0 amide bonds. The average molecular weight is 767 g/mol. The van der Waals surface area contributed by atoms with Crippen LogP contribution in [0.5, 0.6) is 0 Å². The van der Waals surface area contributed by atoms with Gasteiger partial charge in [-0.05, 0) is 55.4 Å². The number of carboxylic acids is 1. The number of alkyl halides is 2. The molecule has 0 spiro atoms. The number of hydrogen-bond acceptors (Lipinski definition) is 5. The number of halogens is 5. The SMILES string of the molecule is BrBr.CC(=O)O.CC1(C)C(Br)C(=O)C(Br)C(C)(C)N1Br.CC1(C)CC(=O)CC(C)(C)N1. The summed E-state index contributed by atoms with van der Waals surface area (Å²) in [7, 11) is 0. The smallest absolute Gasteiger partial charge is 0.300 e. The third kappa shape index (κ3) is 10.9. The number of carbonyl (C=O) groups excluding carboxylic acids is 2. The van der Waals surface area contributed by atoms with Crippen molar-refractivity contribution >= 4 is 93.8 Å². The number of carboxylic acid groups (broad SMARTS) is 1. The van der Waals surface area contributed by atoms with Crippen LogP contribution >= 0.6 is 76.3 Å². The van der Waals surface area contributed by atoms with Crippen molar-refractivity contribution in [1.82, 2.24) is 9.24 Å². The monoisotopic (exact) mass is 762 g/mol. The van der Waals surface area contributed by atoms with E-state index < -0.39 is 5.97 Å². The summed E-state index contributed by atoms with van der Waals surface area (Å²) in [6, 6.07) is 0. The van der Waals surface area contributed by atoms with Crippen LogP contribution in [0.15, 0.2) is 0 Å². The topological polar surface area (TPSA) is 86.7 Å². The summed E-state index contributed by atoms with van der Waals surface area (Å²) in [6.07, 6.45) is 1.33. The van der Waals surface area contributed by atoms with E-state index in [1.54, 1.807) is 0 Å². The molecule has 0 aromatic rings. The van der Waals surface area contributed by atoms with Gasteiger partial charge in [0.2, 0.25) is 0 Å². The van der Waals surface area contributed by atoms with E-state index >= 15 is 0 Å². The quantitative estimate of drug-likeness (QED) is 0.215. The number of nitrogens with zero attached hydrogens (tertiary/aromatic N) is 1. The normalized spacial score (nSPS) is 27.9. The van der Waals surface area contributed by atoms with Gasteiger partial charge in [-0.15, -0.1) is 0 Å². The van der Waals surface area contributed by atoms with Gasteiger partial charge >= 0.3 is 0 Å². The van der Waals surface area contributed by atoms with E-state index in [0.717, 1.165) is 6.92 Å². The summed E-state index contributed by atoms with van der Waals surface area (Å²) in [4.78, 5) is 31.9. The Labute approximate surface area is 227 Å². The van der Waals surface area contributed by atoms with Crippen molar-refractivity contribution in [3.63, 3.8) is 0 Å². The van der Waals surface area contributed by atoms with E-state index in [1.807, 2.05) is 27.7 Å². The fourth-order valence-electron chi connectivity index (χ4n) is 3.82. The summed E-state index contributed by atoms with van der Waals surface area (Å²) in [5.74, 6) is -0.255. The Hall–Kier alpha value is 1.13. The number of ketones is 2. The Kier molecular flexibility index (Phi) is 14.7. The molecule has 2 atom stereocenters. The first-order chi connectivity index (χ1) is 13.7. The van der Waals surface area contributed by atoms with Crippen molar-refractivity contribution < 1.29 is 19.5 Å². The second-order valence-corrected chi connectivity index (χ2v) is 12.6. The minimum absolute atomic E-state index is 0.0150. The Morgan fingerprint density at radius 1 is 0.903 bits per heavy atom. The molecule has 0 aliphatic carbocycles. The van der Waals surface area contributed by atoms with Crippen LogP contribution in [0.3, 0.4) is 0 Å². The van der Waals surface area contributed by atoms with Crippen LogP contribution in [-0.4, -0.2) is 58.4 Å². The summed E-state index contributed by atoms with van der Waals surface area (Å²) in [5.41, 5.74) is -0.493. The molecular formula is C20H35Br5N2O4. The molecular weight excluding hydrogens is 732 g/mol. The Balaban J connectivity index is 0. The van der Waals surface area contributed by atoms with Crippen molar-refractivity contribution in [1.29, 1.82) is 0 Å². The zero-order valence-electron chi connectivity index (χ0n) is 19.6. The first-order valence-electron chi connectivity index (χ1n) is 9.60. The molecule has 11 heteroatoms. The third-order valence-electron chi connectivity index (χ3n) is 4.71. The second kappa shape index (κ2) is 13.3. The van der Waals surface area contributed by atoms with E-state index in [2.05, 4.69) is 113 Å². The Morgan fingerprint density at radius 2 is 1.16 bits per heavy atom. The van der Waals surface area contributed by atoms with Crippen molar-refractivity contribution in [3.05, 3.63) is 0 Å². The molecule has 2 saturated heterocycles. The number of nitrogens with one attached hydrogen (secondary N) is 1. The Morgan fingerprint density at radius 3 is 1.39 bits per heavy atom. The number of Topliss-reactive ketones (excluding diaryl/α,β-unsaturated/α-hetero) is 2. The number of rotatable bonds is 0. The van der Waals surface area contributed by atoms with Gasteiger partial charge in [0.1, 0.15) is 5.78 Å². The first-order valence-corrected chi connectivity index (χ1v) is 15.9. The van der Waals surface area contributed by atoms with Gasteiger partial charge in [-0.2, -0.15) is 0 Å². The number of carbonyl (C=O) groups is 3. The molecule has 2 fully saturated rings. The Bertz CT molecular complexity index is 593. The zero-order chi connectivity index (χ0) is 25.6. The van der Waals surface area contributed by atoms with Gasteiger partial charge in [0.15, 0.2) is 5.78 Å². The summed E-state index contributed by atoms with van der Waals surface area (Å²) < 4.78 is 2.06. The lowest BCUT2D eigenvalue weighted by molar-refractivity contribution is -0.134. The molecule has 2 rings (SSSR count). The van der Waals surface area contributed by atoms with Crippen LogP contribution < -0.4 is 5.32 Å². The largest absolute Gasteiger partial charge is 0.481 e. The molecule has 2 aliphatic rings. The van der Waals surface area contributed by atoms with Crippen LogP contribution in [0.4, 0.5) is 0 Å². The standard InChI is InChI=1S/C9H14Br3NO.C9H17NO.C2H4O2.Br2/c1-8(2)6(10)5(14)7(11)9(3,4)13(8)12;1-8(2)5-7(11)6-9(3,4)10-8;1-2(3)4;1-2/h6-7H,1-4H3;10H,5-6H2,1-4H3;1H3,(H,3,4);. The van der Waals surface area contributed by atoms with Crippen LogP contribution in [-0.2, 0) is 14.4 Å². The molecule has 31 heavy (non-hydrogen) atoms. The first kappa shape index (κ1) is 34.3. The highest BCUT2D eigenvalue weighted by Crippen LogP contribution is 2.44. The third-order valence-corrected chi connectivity index (χ3v) is 9.68. The highest BCUT2D eigenvalue weighted by molar-refractivity contribution is 9.93. The van der Waals surface area contributed by atoms with E-state index in [1.165, 1.54) is 0 Å². The van der Waals surface area contributed by atoms with Gasteiger partial charge in [-0.1, -0.05) is 31.9 Å². The summed E-state index contributed by atoms with van der Waals surface area (Å²) in [5, 5.41) is 10.9. The molecule has 0 saturated carbocycles. The highest BCUT2D eigenvalue weighted by Gasteiger charge is 2.54. The highest BCUT2D eigenvalue weighted by atomic mass is 80.9. The minimum atomic E-state index is -0.833. The summed E-state index contributed by atoms with van der Waals surface area (Å²) >= 11 is 16.0. The van der Waals surface area contributed by atoms with Gasteiger partial charge in [0.25, 0.3) is 5.97 Å². The lowest BCUT2D eigenvalue weighted by atomic mass is 9.82. The van der Waals surface area contributed by atoms with Crippen LogP contribution in [0.2, 0.25) is 0 Å². The minimum Gasteiger partial charge on any atom is -0.481 e. The van der Waals surface area contributed by atoms with Crippen LogP contribution in [0, 0.1) is 0 Å². The molecule has 0 bridgehead atoms. The molecule has 0 radical (unpaired) electrons. The maximum Gasteiger partial charge on any atom is 0.300 e. The predicted molar refractivity (Wildman–Crippen MR) is 146 cm³/mol. The lowest BCUT2D eigenvalue weighted by Gasteiger charge is -2.52. The molecule has 2 N–H and O–H groups in total. The second-order valence-electron chi connectivity index (χ2n) is 10.0. The van der Waals surface area contributed by atoms with Crippen molar-refractivity contribution in [2.45, 2.75) is 107 Å². The maximum atomic E-state index is 12.0. The van der Waals surface area contributed by atoms with Gasteiger partial charge < -0.3 is 10.4 Å². The molecule has 0 aromatic heterocycles. The van der Waals surface area contributed by atoms with Crippen LogP contribution in [0.1, 0.15) is 75.2 Å². The van der Waals surface area contributed by atoms with Crippen molar-refractivity contribution in [3.8, 4) is 0 Å². The van der Waals surface area contributed by atoms with E-state index in [-0.39, 0.29) is 37.6 Å². The molecule has 2 unspecified atom stereocenters. The van der Waals surface area contributed by atoms with E-state index in [9.17, 15) is 9.59 Å². The summed E-state index contributed by atoms with van der Waals surface area (Å²) in [6.45, 7) is 17.5. The van der Waals surface area contributed by atoms with Gasteiger partial charge in [0, 0.05) is 86.3 Å². The number of aliphatic carboxylic acids is 1. The van der Waals surface area contributed by atoms with Crippen molar-refractivity contribution in [2.75, 3.05) is 0 Å². The van der Waals surface area contributed by atoms with Gasteiger partial charge in [-0.3, -0.25) is 14.4 Å². The zero-order valence-corrected chi connectivity index (χ0v) is 27.5. The van der Waals surface area contributed by atoms with Gasteiger partial charge in [0.05, 0.1) is 9.65 Å². The maximum absolute atomic E-state index is 12.0. The molecule has 184 valence electrons. The molecule has 2 aliphatic heterocycles. The number of piperidine rings is 2. The fourth-order valence-corrected chi connectivity index (χ4v) is 6.07. The van der Waals surface area contributed by atoms with Gasteiger partial charge in [-0.25, -0.2) is 3.93 Å². The van der Waals surface area contributed by atoms with Crippen LogP contribution in [0.25, 0.3) is 0 Å². The van der Waals surface area contributed by atoms with E-state index in [4.69, 9.17) is 9.90 Å². The fraction of sp³-hybridized carbons (Fsp3) is 0.850. The molecule has 2 heterocycles. The molecule has 0 aromatic carbocycles. The number of hydrogen-bond donors (Lipinski definition) is 2.